The van der Waals surface area contributed by atoms with Crippen LogP contribution < -0.4 is 0 Å². The minimum Gasteiger partial charge on any atom is -0.455 e. The normalized spacial score (nSPS) is 12.7. The van der Waals surface area contributed by atoms with E-state index in [0.717, 1.165) is 5.69 Å². The molecule has 2 rings (SSSR count). The molecule has 1 aromatic carbocycles. The topological polar surface area (TPSA) is 80.9 Å². The van der Waals surface area contributed by atoms with Crippen LogP contribution in [0, 0.1) is 5.41 Å². The van der Waals surface area contributed by atoms with Gasteiger partial charge in [0.1, 0.15) is 11.3 Å². The number of esters is 1. The van der Waals surface area contributed by atoms with Gasteiger partial charge in [-0.3, -0.25) is 5.41 Å². The standard InChI is InChI=1S/C17H22N4O2/c1-5-13(15(18)16(22)23-17(2,3)4)14-11-21(20-19-14)12-9-7-6-8-10-12/h6-11,13,18H,5H2,1-4H3/t13-/m0/s1. The van der Waals surface area contributed by atoms with Gasteiger partial charge in [0.2, 0.25) is 0 Å². The van der Waals surface area contributed by atoms with Gasteiger partial charge >= 0.3 is 5.97 Å². The summed E-state index contributed by atoms with van der Waals surface area (Å²) in [6.07, 6.45) is 2.33. The van der Waals surface area contributed by atoms with E-state index in [0.29, 0.717) is 12.1 Å². The number of nitrogens with one attached hydrogen (secondary N) is 1. The number of para-hydroxylation sites is 1. The Labute approximate surface area is 136 Å². The van der Waals surface area contributed by atoms with E-state index in [1.807, 2.05) is 37.3 Å². The summed E-state index contributed by atoms with van der Waals surface area (Å²) in [6.45, 7) is 7.26. The molecule has 0 bridgehead atoms. The maximum absolute atomic E-state index is 12.1. The fourth-order valence-corrected chi connectivity index (χ4v) is 2.18. The lowest BCUT2D eigenvalue weighted by atomic mass is 9.97. The highest BCUT2D eigenvalue weighted by molar-refractivity contribution is 6.37. The number of hydrogen-bond acceptors (Lipinski definition) is 5. The van der Waals surface area contributed by atoms with Crippen molar-refractivity contribution in [2.75, 3.05) is 0 Å². The monoisotopic (exact) mass is 314 g/mol. The lowest BCUT2D eigenvalue weighted by molar-refractivity contribution is -0.146. The highest BCUT2D eigenvalue weighted by atomic mass is 16.6. The summed E-state index contributed by atoms with van der Waals surface area (Å²) in [5.74, 6) is -1.04. The Kier molecular flexibility index (Phi) is 4.93. The van der Waals surface area contributed by atoms with Crippen LogP contribution in [-0.2, 0) is 9.53 Å². The molecule has 0 saturated carbocycles. The SMILES string of the molecule is CC[C@H](C(=N)C(=O)OC(C)(C)C)c1cn(-c2ccccc2)nn1. The number of rotatable bonds is 5. The second kappa shape index (κ2) is 6.73. The molecule has 122 valence electrons. The third-order valence-corrected chi connectivity index (χ3v) is 3.26. The zero-order valence-corrected chi connectivity index (χ0v) is 13.9. The highest BCUT2D eigenvalue weighted by Crippen LogP contribution is 2.21. The van der Waals surface area contributed by atoms with Gasteiger partial charge in [-0.1, -0.05) is 30.3 Å². The summed E-state index contributed by atoms with van der Waals surface area (Å²) in [6, 6.07) is 9.58. The molecule has 6 heteroatoms. The van der Waals surface area contributed by atoms with Crippen molar-refractivity contribution < 1.29 is 9.53 Å². The van der Waals surface area contributed by atoms with Crippen LogP contribution in [0.25, 0.3) is 5.69 Å². The first-order chi connectivity index (χ1) is 10.8. The van der Waals surface area contributed by atoms with Gasteiger partial charge in [0.25, 0.3) is 0 Å². The quantitative estimate of drug-likeness (QED) is 0.679. The molecule has 1 heterocycles. The number of ether oxygens (including phenoxy) is 1. The van der Waals surface area contributed by atoms with Crippen molar-refractivity contribution in [3.63, 3.8) is 0 Å². The lowest BCUT2D eigenvalue weighted by Crippen LogP contribution is -2.31. The third kappa shape index (κ3) is 4.25. The van der Waals surface area contributed by atoms with E-state index in [4.69, 9.17) is 10.1 Å². The molecule has 0 aliphatic rings. The van der Waals surface area contributed by atoms with Crippen LogP contribution >= 0.6 is 0 Å². The van der Waals surface area contributed by atoms with E-state index < -0.39 is 17.5 Å². The first-order valence-electron chi connectivity index (χ1n) is 7.61. The number of aromatic nitrogens is 3. The molecule has 2 aromatic rings. The summed E-state index contributed by atoms with van der Waals surface area (Å²) in [7, 11) is 0. The van der Waals surface area contributed by atoms with Crippen LogP contribution in [0.3, 0.4) is 0 Å². The van der Waals surface area contributed by atoms with Gasteiger partial charge < -0.3 is 4.74 Å². The predicted octanol–water partition coefficient (Wildman–Crippen LogP) is 3.12. The van der Waals surface area contributed by atoms with Crippen LogP contribution in [0.1, 0.15) is 45.7 Å². The fraction of sp³-hybridized carbons (Fsp3) is 0.412. The molecule has 1 atom stereocenters. The van der Waals surface area contributed by atoms with Gasteiger partial charge in [0, 0.05) is 0 Å². The number of hydrogen-bond donors (Lipinski definition) is 1. The van der Waals surface area contributed by atoms with Gasteiger partial charge in [-0.05, 0) is 39.3 Å². The van der Waals surface area contributed by atoms with Crippen LogP contribution in [-0.4, -0.2) is 32.3 Å². The Morgan fingerprint density at radius 3 is 2.52 bits per heavy atom. The molecular weight excluding hydrogens is 292 g/mol. The second-order valence-electron chi connectivity index (χ2n) is 6.30. The molecule has 0 spiro atoms. The maximum Gasteiger partial charge on any atom is 0.353 e. The first-order valence-corrected chi connectivity index (χ1v) is 7.61. The minimum atomic E-state index is -0.622. The predicted molar refractivity (Wildman–Crippen MR) is 88.0 cm³/mol. The van der Waals surface area contributed by atoms with Gasteiger partial charge in [-0.25, -0.2) is 9.48 Å². The molecule has 0 aliphatic carbocycles. The summed E-state index contributed by atoms with van der Waals surface area (Å²) in [4.78, 5) is 12.1. The molecule has 0 unspecified atom stereocenters. The van der Waals surface area contributed by atoms with E-state index in [1.54, 1.807) is 31.6 Å². The Morgan fingerprint density at radius 1 is 1.30 bits per heavy atom. The van der Waals surface area contributed by atoms with Gasteiger partial charge in [0.15, 0.2) is 0 Å². The highest BCUT2D eigenvalue weighted by Gasteiger charge is 2.28. The second-order valence-corrected chi connectivity index (χ2v) is 6.30. The smallest absolute Gasteiger partial charge is 0.353 e. The molecule has 6 nitrogen and oxygen atoms in total. The van der Waals surface area contributed by atoms with Crippen LogP contribution in [0.4, 0.5) is 0 Å². The Hall–Kier alpha value is -2.50. The van der Waals surface area contributed by atoms with Gasteiger partial charge in [-0.15, -0.1) is 5.10 Å². The van der Waals surface area contributed by atoms with Crippen molar-refractivity contribution in [1.82, 2.24) is 15.0 Å². The molecule has 0 radical (unpaired) electrons. The lowest BCUT2D eigenvalue weighted by Gasteiger charge is -2.21. The van der Waals surface area contributed by atoms with E-state index in [-0.39, 0.29) is 5.71 Å². The number of benzene rings is 1. The summed E-state index contributed by atoms with van der Waals surface area (Å²) in [5, 5.41) is 16.3. The van der Waals surface area contributed by atoms with E-state index in [9.17, 15) is 4.79 Å². The number of nitrogens with zero attached hydrogens (tertiary/aromatic N) is 3. The zero-order valence-electron chi connectivity index (χ0n) is 13.9. The molecule has 0 aliphatic heterocycles. The average molecular weight is 314 g/mol. The van der Waals surface area contributed by atoms with Crippen molar-refractivity contribution in [1.29, 1.82) is 5.41 Å². The molecule has 0 amide bonds. The molecular formula is C17H22N4O2. The summed E-state index contributed by atoms with van der Waals surface area (Å²) < 4.78 is 6.92. The Morgan fingerprint density at radius 2 is 1.96 bits per heavy atom. The molecule has 1 N–H and O–H groups in total. The van der Waals surface area contributed by atoms with Crippen molar-refractivity contribution >= 4 is 11.7 Å². The molecule has 0 fully saturated rings. The third-order valence-electron chi connectivity index (χ3n) is 3.26. The number of carbonyl (C=O) groups excluding carboxylic acids is 1. The van der Waals surface area contributed by atoms with Crippen LogP contribution in [0.5, 0.6) is 0 Å². The van der Waals surface area contributed by atoms with Crippen molar-refractivity contribution in [3.8, 4) is 5.69 Å². The van der Waals surface area contributed by atoms with Crippen molar-refractivity contribution in [2.24, 2.45) is 0 Å². The largest absolute Gasteiger partial charge is 0.455 e. The Bertz CT molecular complexity index is 686. The van der Waals surface area contributed by atoms with Crippen LogP contribution in [0.15, 0.2) is 36.5 Å². The number of carbonyl (C=O) groups is 1. The first kappa shape index (κ1) is 16.9. The van der Waals surface area contributed by atoms with E-state index >= 15 is 0 Å². The van der Waals surface area contributed by atoms with Gasteiger partial charge in [0.05, 0.1) is 23.5 Å². The van der Waals surface area contributed by atoms with E-state index in [1.165, 1.54) is 0 Å². The molecule has 0 saturated heterocycles. The molecule has 23 heavy (non-hydrogen) atoms. The fourth-order valence-electron chi connectivity index (χ4n) is 2.18. The summed E-state index contributed by atoms with van der Waals surface area (Å²) in [5.41, 5.74) is 0.753. The zero-order chi connectivity index (χ0) is 17.0. The van der Waals surface area contributed by atoms with E-state index in [2.05, 4.69) is 10.3 Å². The summed E-state index contributed by atoms with van der Waals surface area (Å²) >= 11 is 0. The average Bonchev–Trinajstić information content (AvgIpc) is 2.97. The minimum absolute atomic E-state index is 0.0949. The van der Waals surface area contributed by atoms with Gasteiger partial charge in [-0.2, -0.15) is 0 Å². The van der Waals surface area contributed by atoms with Crippen molar-refractivity contribution in [2.45, 2.75) is 45.6 Å². The van der Waals surface area contributed by atoms with Crippen LogP contribution in [0.2, 0.25) is 0 Å². The maximum atomic E-state index is 12.1. The van der Waals surface area contributed by atoms with Crippen molar-refractivity contribution in [3.05, 3.63) is 42.2 Å². The Balaban J connectivity index is 2.20. The molecule has 1 aromatic heterocycles.